The number of methoxy groups -OCH3 is 1. The van der Waals surface area contributed by atoms with E-state index in [2.05, 4.69) is 5.32 Å². The van der Waals surface area contributed by atoms with E-state index in [1.807, 2.05) is 48.5 Å². The number of cyclic esters (lactones) is 1. The van der Waals surface area contributed by atoms with Crippen molar-refractivity contribution in [3.05, 3.63) is 125 Å². The number of benzene rings is 3. The summed E-state index contributed by atoms with van der Waals surface area (Å²) in [6, 6.07) is 22.6. The summed E-state index contributed by atoms with van der Waals surface area (Å²) in [5, 5.41) is 14.2. The summed E-state index contributed by atoms with van der Waals surface area (Å²) in [6.07, 6.45) is 5.72. The third-order valence-electron chi connectivity index (χ3n) is 10.6. The average molecular weight is 740 g/mol. The molecule has 0 bridgehead atoms. The van der Waals surface area contributed by atoms with Crippen molar-refractivity contribution < 1.29 is 38.5 Å². The zero-order valence-electron chi connectivity index (χ0n) is 29.3. The van der Waals surface area contributed by atoms with Gasteiger partial charge < -0.3 is 34.4 Å². The molecule has 2 saturated heterocycles. The van der Waals surface area contributed by atoms with Crippen LogP contribution < -0.4 is 10.2 Å². The first kappa shape index (κ1) is 36.5. The fraction of sp³-hybridized carbons (Fsp3) is 0.366. The third kappa shape index (κ3) is 6.90. The minimum absolute atomic E-state index is 0.0496. The topological polar surface area (TPSA) is 135 Å². The number of anilines is 1. The number of halogens is 1. The summed E-state index contributed by atoms with van der Waals surface area (Å²) >= 11 is 6.63. The maximum atomic E-state index is 15.1. The van der Waals surface area contributed by atoms with Gasteiger partial charge in [-0.3, -0.25) is 19.2 Å². The maximum Gasteiger partial charge on any atom is 0.313 e. The molecule has 0 unspecified atom stereocenters. The highest BCUT2D eigenvalue weighted by Crippen LogP contribution is 2.54. The van der Waals surface area contributed by atoms with Crippen LogP contribution in [0, 0.1) is 11.8 Å². The van der Waals surface area contributed by atoms with Crippen LogP contribution in [0.2, 0.25) is 5.02 Å². The molecule has 0 radical (unpaired) electrons. The Kier molecular flexibility index (Phi) is 10.8. The van der Waals surface area contributed by atoms with E-state index < -0.39 is 72.2 Å². The quantitative estimate of drug-likeness (QED) is 0.260. The van der Waals surface area contributed by atoms with Gasteiger partial charge in [0.25, 0.3) is 5.91 Å². The summed E-state index contributed by atoms with van der Waals surface area (Å²) in [6.45, 7) is -0.274. The number of aliphatic hydroxyl groups excluding tert-OH is 1. The van der Waals surface area contributed by atoms with E-state index in [0.29, 0.717) is 22.7 Å². The highest BCUT2D eigenvalue weighted by atomic mass is 35.5. The van der Waals surface area contributed by atoms with Crippen LogP contribution in [0.4, 0.5) is 5.69 Å². The van der Waals surface area contributed by atoms with E-state index in [0.717, 1.165) is 5.56 Å². The smallest absolute Gasteiger partial charge is 0.313 e. The van der Waals surface area contributed by atoms with Crippen molar-refractivity contribution in [2.45, 2.75) is 55.2 Å². The number of allylic oxidation sites excluding steroid dienone is 1. The van der Waals surface area contributed by atoms with Crippen LogP contribution in [0.5, 0.6) is 0 Å². The van der Waals surface area contributed by atoms with Gasteiger partial charge in [-0.1, -0.05) is 109 Å². The molecule has 3 aromatic rings. The van der Waals surface area contributed by atoms with Gasteiger partial charge >= 0.3 is 5.97 Å². The van der Waals surface area contributed by atoms with Crippen molar-refractivity contribution in [2.75, 3.05) is 31.8 Å². The Labute approximate surface area is 313 Å². The molecule has 276 valence electrons. The van der Waals surface area contributed by atoms with Crippen molar-refractivity contribution in [1.29, 1.82) is 0 Å². The number of amides is 3. The molecular formula is C41H42ClN3O8. The second kappa shape index (κ2) is 15.7. The lowest BCUT2D eigenvalue weighted by Gasteiger charge is -2.38. The molecule has 3 amide bonds. The van der Waals surface area contributed by atoms with E-state index in [-0.39, 0.29) is 31.9 Å². The van der Waals surface area contributed by atoms with Crippen LogP contribution in [0.3, 0.4) is 0 Å². The number of fused-ring (bicyclic) bond motifs is 2. The molecule has 0 saturated carbocycles. The number of esters is 1. The zero-order chi connectivity index (χ0) is 37.1. The lowest BCUT2D eigenvalue weighted by molar-refractivity contribution is -0.162. The lowest BCUT2D eigenvalue weighted by atomic mass is 9.77. The van der Waals surface area contributed by atoms with Gasteiger partial charge in [-0.05, 0) is 36.1 Å². The van der Waals surface area contributed by atoms with Crippen molar-refractivity contribution in [3.63, 3.8) is 0 Å². The van der Waals surface area contributed by atoms with Crippen molar-refractivity contribution in [1.82, 2.24) is 10.2 Å². The molecule has 2 fully saturated rings. The maximum absolute atomic E-state index is 15.1. The number of carbonyl (C=O) groups is 4. The summed E-state index contributed by atoms with van der Waals surface area (Å²) in [7, 11) is 1.50. The Bertz CT molecular complexity index is 1890. The van der Waals surface area contributed by atoms with Gasteiger partial charge in [-0.2, -0.15) is 0 Å². The normalized spacial score (nSPS) is 29.9. The third-order valence-corrected chi connectivity index (χ3v) is 10.9. The predicted molar refractivity (Wildman–Crippen MR) is 197 cm³/mol. The van der Waals surface area contributed by atoms with Crippen LogP contribution in [-0.2, 0) is 39.8 Å². The van der Waals surface area contributed by atoms with Gasteiger partial charge in [-0.15, -0.1) is 0 Å². The first-order valence-corrected chi connectivity index (χ1v) is 18.2. The molecule has 0 aromatic heterocycles. The molecule has 3 aromatic carbocycles. The second-order valence-electron chi connectivity index (χ2n) is 13.8. The monoisotopic (exact) mass is 739 g/mol. The number of hydrogen-bond donors (Lipinski definition) is 2. The van der Waals surface area contributed by atoms with E-state index in [1.54, 1.807) is 60.7 Å². The number of ether oxygens (including phenoxy) is 3. The minimum atomic E-state index is -1.62. The largest absolute Gasteiger partial charge is 0.455 e. The van der Waals surface area contributed by atoms with Gasteiger partial charge in [-0.25, -0.2) is 0 Å². The molecular weight excluding hydrogens is 698 g/mol. The van der Waals surface area contributed by atoms with E-state index >= 15 is 9.59 Å². The number of carbonyl (C=O) groups excluding carboxylic acids is 4. The molecule has 2 N–H and O–H groups in total. The molecule has 4 aliphatic heterocycles. The second-order valence-corrected chi connectivity index (χ2v) is 14.2. The number of nitrogens with zero attached hydrogens (tertiary/aromatic N) is 2. The molecule has 11 nitrogen and oxygen atoms in total. The van der Waals surface area contributed by atoms with Gasteiger partial charge in [0, 0.05) is 20.1 Å². The summed E-state index contributed by atoms with van der Waals surface area (Å²) < 4.78 is 18.7. The highest BCUT2D eigenvalue weighted by Gasteiger charge is 2.72. The average Bonchev–Trinajstić information content (AvgIpc) is 3.56. The van der Waals surface area contributed by atoms with Crippen LogP contribution in [0.15, 0.2) is 109 Å². The summed E-state index contributed by atoms with van der Waals surface area (Å²) in [4.78, 5) is 60.9. The number of para-hydroxylation sites is 1. The lowest BCUT2D eigenvalue weighted by Crippen LogP contribution is -2.58. The Morgan fingerprint density at radius 1 is 0.962 bits per heavy atom. The van der Waals surface area contributed by atoms with Crippen LogP contribution >= 0.6 is 11.6 Å². The van der Waals surface area contributed by atoms with Crippen molar-refractivity contribution >= 4 is 41.0 Å². The SMILES string of the molecule is COC[C@@H]1NC(=O)CC/C=C\[C@@H]2O[C@@]34C=CCN(c5ccccc5Cl)C(=O)[C@@H]3N([C@@H](CO)Cc3ccccc3)C(=O)[C@H]4[C@@H]2C(=O)O[C@H]1c1ccccc1. The predicted octanol–water partition coefficient (Wildman–Crippen LogP) is 4.19. The number of likely N-dealkylation sites (tertiary alicyclic amines) is 1. The molecule has 4 heterocycles. The fourth-order valence-electron chi connectivity index (χ4n) is 8.25. The zero-order valence-corrected chi connectivity index (χ0v) is 30.0. The Morgan fingerprint density at radius 3 is 2.40 bits per heavy atom. The summed E-state index contributed by atoms with van der Waals surface area (Å²) in [5.74, 6) is -4.32. The Hall–Kier alpha value is -4.81. The Balaban J connectivity index is 1.35. The number of hydrogen-bond acceptors (Lipinski definition) is 8. The molecule has 4 aliphatic rings. The molecule has 53 heavy (non-hydrogen) atoms. The van der Waals surface area contributed by atoms with Crippen molar-refractivity contribution in [3.8, 4) is 0 Å². The number of aliphatic hydroxyl groups is 1. The standard InChI is InChI=1S/C41H42ClN3O8/c1-51-25-30-36(27-15-6-3-7-16-27)52-40(50)34-32(19-10-11-20-33(47)43-30)53-41-21-12-22-44(31-18-9-8-17-29(31)42)39(49)37(41)45(38(48)35(34)41)28(24-46)23-26-13-4-2-5-14-26/h2-10,12-19,21,28,30,32,34-37,46H,11,20,22-25H2,1H3,(H,43,47)/b19-10-/t28-,30+,32+,34-,35-,36+,37+,41-/m1/s1. The highest BCUT2D eigenvalue weighted by molar-refractivity contribution is 6.34. The number of nitrogens with one attached hydrogen (secondary N) is 1. The molecule has 8 atom stereocenters. The molecule has 7 rings (SSSR count). The first-order valence-electron chi connectivity index (χ1n) is 17.9. The van der Waals surface area contributed by atoms with E-state index in [9.17, 15) is 14.7 Å². The first-order chi connectivity index (χ1) is 25.8. The van der Waals surface area contributed by atoms with E-state index in [1.165, 1.54) is 16.9 Å². The molecule has 1 spiro atoms. The van der Waals surface area contributed by atoms with Crippen LogP contribution in [0.1, 0.15) is 30.1 Å². The van der Waals surface area contributed by atoms with Crippen LogP contribution in [0.25, 0.3) is 0 Å². The molecule has 12 heteroatoms. The minimum Gasteiger partial charge on any atom is -0.455 e. The van der Waals surface area contributed by atoms with E-state index in [4.69, 9.17) is 25.8 Å². The summed E-state index contributed by atoms with van der Waals surface area (Å²) in [5.41, 5.74) is 0.321. The Morgan fingerprint density at radius 2 is 1.68 bits per heavy atom. The van der Waals surface area contributed by atoms with Gasteiger partial charge in [0.1, 0.15) is 23.7 Å². The van der Waals surface area contributed by atoms with Crippen molar-refractivity contribution in [2.24, 2.45) is 11.8 Å². The van der Waals surface area contributed by atoms with Gasteiger partial charge in [0.15, 0.2) is 0 Å². The van der Waals surface area contributed by atoms with Gasteiger partial charge in [0.2, 0.25) is 11.8 Å². The fourth-order valence-corrected chi connectivity index (χ4v) is 8.48. The van der Waals surface area contributed by atoms with Crippen LogP contribution in [-0.4, -0.2) is 90.4 Å². The van der Waals surface area contributed by atoms with Gasteiger partial charge in [0.05, 0.1) is 48.0 Å². The molecule has 0 aliphatic carbocycles. The number of rotatable bonds is 8.